The number of hydrogen-bond acceptors (Lipinski definition) is 3. The molecule has 2 aromatic heterocycles. The molecule has 0 amide bonds. The van der Waals surface area contributed by atoms with Crippen LogP contribution in [0.1, 0.15) is 43.5 Å². The average molecular weight is 248 g/mol. The molecule has 0 aliphatic heterocycles. The number of aromatic nitrogens is 4. The molecule has 5 nitrogen and oxygen atoms in total. The second kappa shape index (κ2) is 5.35. The minimum absolute atomic E-state index is 0.666. The van der Waals surface area contributed by atoms with Gasteiger partial charge in [-0.2, -0.15) is 10.2 Å². The summed E-state index contributed by atoms with van der Waals surface area (Å²) in [5.41, 5.74) is 2.58. The normalized spacial score (nSPS) is 12.9. The Morgan fingerprint density at radius 1 is 1.28 bits per heavy atom. The number of nitrogens with zero attached hydrogens (tertiary/aromatic N) is 4. The summed E-state index contributed by atoms with van der Waals surface area (Å²) in [6.07, 6.45) is 2.06. The van der Waals surface area contributed by atoms with E-state index in [2.05, 4.69) is 17.1 Å². The second-order valence-electron chi connectivity index (χ2n) is 4.41. The zero-order chi connectivity index (χ0) is 13.1. The molecule has 98 valence electrons. The highest BCUT2D eigenvalue weighted by molar-refractivity contribution is 5.21. The molecule has 18 heavy (non-hydrogen) atoms. The minimum atomic E-state index is -0.666. The molecule has 0 radical (unpaired) electrons. The fourth-order valence-electron chi connectivity index (χ4n) is 2.16. The van der Waals surface area contributed by atoms with Gasteiger partial charge in [0.2, 0.25) is 0 Å². The molecule has 5 heteroatoms. The van der Waals surface area contributed by atoms with Crippen molar-refractivity contribution in [1.82, 2.24) is 19.6 Å². The molecule has 0 spiro atoms. The van der Waals surface area contributed by atoms with E-state index in [-0.39, 0.29) is 0 Å². The number of aryl methyl sites for hydroxylation is 3. The largest absolute Gasteiger partial charge is 0.380 e. The van der Waals surface area contributed by atoms with Gasteiger partial charge in [-0.3, -0.25) is 9.36 Å². The molecule has 2 rings (SSSR count). The minimum Gasteiger partial charge on any atom is -0.380 e. The Labute approximate surface area is 107 Å². The fraction of sp³-hybridized carbons (Fsp3) is 0.538. The van der Waals surface area contributed by atoms with Crippen molar-refractivity contribution in [2.24, 2.45) is 0 Å². The first kappa shape index (κ1) is 12.8. The van der Waals surface area contributed by atoms with E-state index >= 15 is 0 Å². The zero-order valence-electron chi connectivity index (χ0n) is 11.2. The predicted molar refractivity (Wildman–Crippen MR) is 69.2 cm³/mol. The maximum absolute atomic E-state index is 10.5. The summed E-state index contributed by atoms with van der Waals surface area (Å²) in [6.45, 7) is 7.62. The third-order valence-electron chi connectivity index (χ3n) is 2.98. The Morgan fingerprint density at radius 3 is 2.72 bits per heavy atom. The van der Waals surface area contributed by atoms with Crippen LogP contribution >= 0.6 is 0 Å². The third-order valence-corrected chi connectivity index (χ3v) is 2.98. The van der Waals surface area contributed by atoms with E-state index in [4.69, 9.17) is 0 Å². The molecule has 0 saturated heterocycles. The molecule has 0 fully saturated rings. The molecule has 0 bridgehead atoms. The van der Waals surface area contributed by atoms with E-state index in [1.807, 2.05) is 35.3 Å². The molecule has 1 unspecified atom stereocenters. The topological polar surface area (TPSA) is 55.9 Å². The van der Waals surface area contributed by atoms with Crippen molar-refractivity contribution in [2.45, 2.75) is 46.4 Å². The van der Waals surface area contributed by atoms with Crippen molar-refractivity contribution in [3.05, 3.63) is 35.4 Å². The molecule has 0 aliphatic carbocycles. The Balaban J connectivity index is 2.34. The van der Waals surface area contributed by atoms with Gasteiger partial charge in [-0.05, 0) is 32.4 Å². The molecular weight excluding hydrogens is 228 g/mol. The van der Waals surface area contributed by atoms with Gasteiger partial charge in [0.15, 0.2) is 0 Å². The maximum Gasteiger partial charge on any atom is 0.137 e. The summed E-state index contributed by atoms with van der Waals surface area (Å²) in [5.74, 6) is 0. The highest BCUT2D eigenvalue weighted by atomic mass is 16.3. The first-order valence-corrected chi connectivity index (χ1v) is 6.41. The monoisotopic (exact) mass is 248 g/mol. The summed E-state index contributed by atoms with van der Waals surface area (Å²) < 4.78 is 3.69. The van der Waals surface area contributed by atoms with Crippen LogP contribution in [0.15, 0.2) is 18.3 Å². The predicted octanol–water partition coefficient (Wildman–Crippen LogP) is 1.90. The standard InChI is InChI=1S/C13H20N4O/c1-4-8-17-11(6-7-14-17)13(18)12-9-10(3)15-16(12)5-2/h6-7,9,13,18H,4-5,8H2,1-3H3. The van der Waals surface area contributed by atoms with Crippen LogP contribution in [-0.4, -0.2) is 24.7 Å². The van der Waals surface area contributed by atoms with Crippen molar-refractivity contribution in [3.63, 3.8) is 0 Å². The van der Waals surface area contributed by atoms with Gasteiger partial charge in [-0.15, -0.1) is 0 Å². The van der Waals surface area contributed by atoms with Crippen LogP contribution < -0.4 is 0 Å². The first-order valence-electron chi connectivity index (χ1n) is 6.41. The van der Waals surface area contributed by atoms with Crippen molar-refractivity contribution in [1.29, 1.82) is 0 Å². The molecule has 1 atom stereocenters. The fourth-order valence-corrected chi connectivity index (χ4v) is 2.16. The van der Waals surface area contributed by atoms with Gasteiger partial charge in [-0.25, -0.2) is 0 Å². The van der Waals surface area contributed by atoms with Crippen LogP contribution in [0, 0.1) is 6.92 Å². The van der Waals surface area contributed by atoms with Gasteiger partial charge in [0.1, 0.15) is 6.10 Å². The van der Waals surface area contributed by atoms with Crippen LogP contribution in [0.4, 0.5) is 0 Å². The quantitative estimate of drug-likeness (QED) is 0.879. The van der Waals surface area contributed by atoms with Gasteiger partial charge in [0.05, 0.1) is 17.1 Å². The highest BCUT2D eigenvalue weighted by Crippen LogP contribution is 2.22. The summed E-state index contributed by atoms with van der Waals surface area (Å²) >= 11 is 0. The summed E-state index contributed by atoms with van der Waals surface area (Å²) in [7, 11) is 0. The van der Waals surface area contributed by atoms with Crippen LogP contribution in [0.5, 0.6) is 0 Å². The average Bonchev–Trinajstić information content (AvgIpc) is 2.95. The van der Waals surface area contributed by atoms with Crippen molar-refractivity contribution < 1.29 is 5.11 Å². The van der Waals surface area contributed by atoms with Crippen LogP contribution in [0.25, 0.3) is 0 Å². The molecule has 2 heterocycles. The smallest absolute Gasteiger partial charge is 0.137 e. The van der Waals surface area contributed by atoms with Crippen LogP contribution in [0.3, 0.4) is 0 Å². The number of aliphatic hydroxyl groups excluding tert-OH is 1. The summed E-state index contributed by atoms with van der Waals surface area (Å²) in [5, 5.41) is 19.1. The lowest BCUT2D eigenvalue weighted by atomic mass is 10.1. The molecule has 0 saturated carbocycles. The summed E-state index contributed by atoms with van der Waals surface area (Å²) in [4.78, 5) is 0. The highest BCUT2D eigenvalue weighted by Gasteiger charge is 2.19. The summed E-state index contributed by atoms with van der Waals surface area (Å²) in [6, 6.07) is 3.79. The third kappa shape index (κ3) is 2.31. The maximum atomic E-state index is 10.5. The van der Waals surface area contributed by atoms with E-state index in [1.54, 1.807) is 6.20 Å². The number of hydrogen-bond donors (Lipinski definition) is 1. The van der Waals surface area contributed by atoms with Gasteiger partial charge in [-0.1, -0.05) is 6.92 Å². The lowest BCUT2D eigenvalue weighted by Crippen LogP contribution is -2.14. The van der Waals surface area contributed by atoms with Gasteiger partial charge >= 0.3 is 0 Å². The molecule has 0 aliphatic rings. The van der Waals surface area contributed by atoms with Crippen molar-refractivity contribution in [2.75, 3.05) is 0 Å². The van der Waals surface area contributed by atoms with E-state index in [9.17, 15) is 5.11 Å². The van der Waals surface area contributed by atoms with Gasteiger partial charge in [0, 0.05) is 19.3 Å². The first-order chi connectivity index (χ1) is 8.67. The molecule has 1 N–H and O–H groups in total. The van der Waals surface area contributed by atoms with E-state index in [0.29, 0.717) is 0 Å². The molecule has 0 aromatic carbocycles. The van der Waals surface area contributed by atoms with Gasteiger partial charge < -0.3 is 5.11 Å². The lowest BCUT2D eigenvalue weighted by molar-refractivity contribution is 0.195. The van der Waals surface area contributed by atoms with E-state index in [1.165, 1.54) is 0 Å². The SMILES string of the molecule is CCCn1nccc1C(O)c1cc(C)nn1CC. The van der Waals surface area contributed by atoms with E-state index in [0.717, 1.165) is 36.6 Å². The van der Waals surface area contributed by atoms with Crippen LogP contribution in [-0.2, 0) is 13.1 Å². The Hall–Kier alpha value is -1.62. The lowest BCUT2D eigenvalue weighted by Gasteiger charge is -2.14. The zero-order valence-corrected chi connectivity index (χ0v) is 11.2. The van der Waals surface area contributed by atoms with Crippen molar-refractivity contribution >= 4 is 0 Å². The number of aliphatic hydroxyl groups is 1. The number of rotatable bonds is 5. The van der Waals surface area contributed by atoms with Crippen LogP contribution in [0.2, 0.25) is 0 Å². The second-order valence-corrected chi connectivity index (χ2v) is 4.41. The van der Waals surface area contributed by atoms with E-state index < -0.39 is 6.10 Å². The Kier molecular flexibility index (Phi) is 3.81. The Bertz CT molecular complexity index is 515. The molecule has 2 aromatic rings. The Morgan fingerprint density at radius 2 is 2.06 bits per heavy atom. The van der Waals surface area contributed by atoms with Crippen molar-refractivity contribution in [3.8, 4) is 0 Å². The van der Waals surface area contributed by atoms with Gasteiger partial charge in [0.25, 0.3) is 0 Å². The molecular formula is C13H20N4O.